The largest absolute Gasteiger partial charge is 0.495 e. The van der Waals surface area contributed by atoms with E-state index in [9.17, 15) is 10.1 Å². The first-order chi connectivity index (χ1) is 15.5. The van der Waals surface area contributed by atoms with Gasteiger partial charge in [0.05, 0.1) is 19.2 Å². The van der Waals surface area contributed by atoms with Crippen LogP contribution >= 0.6 is 0 Å². The number of aromatic nitrogens is 1. The molecule has 6 nitrogen and oxygen atoms in total. The number of nitriles is 1. The van der Waals surface area contributed by atoms with Crippen LogP contribution in [0.15, 0.2) is 48.5 Å². The Labute approximate surface area is 188 Å². The summed E-state index contributed by atoms with van der Waals surface area (Å²) >= 11 is 0. The molecule has 162 valence electrons. The van der Waals surface area contributed by atoms with Crippen molar-refractivity contribution in [2.45, 2.75) is 33.4 Å². The van der Waals surface area contributed by atoms with Gasteiger partial charge in [-0.3, -0.25) is 4.79 Å². The van der Waals surface area contributed by atoms with Crippen molar-refractivity contribution in [3.8, 4) is 17.7 Å². The third kappa shape index (κ3) is 4.28. The Balaban J connectivity index is 1.60. The predicted octanol–water partition coefficient (Wildman–Crippen LogP) is 4.36. The fraction of sp³-hybridized carbons (Fsp3) is 0.269. The van der Waals surface area contributed by atoms with Crippen LogP contribution in [-0.2, 0) is 19.6 Å². The number of methoxy groups -OCH3 is 1. The molecule has 1 aliphatic rings. The average Bonchev–Trinajstić information content (AvgIpc) is 2.80. The summed E-state index contributed by atoms with van der Waals surface area (Å²) < 4.78 is 11.4. The molecule has 6 heteroatoms. The summed E-state index contributed by atoms with van der Waals surface area (Å²) in [5, 5.41) is 9.33. The van der Waals surface area contributed by atoms with Gasteiger partial charge in [0.15, 0.2) is 0 Å². The predicted molar refractivity (Wildman–Crippen MR) is 121 cm³/mol. The molecule has 0 fully saturated rings. The maximum atomic E-state index is 13.3. The highest BCUT2D eigenvalue weighted by molar-refractivity contribution is 5.97. The second-order valence-electron chi connectivity index (χ2n) is 7.94. The second-order valence-corrected chi connectivity index (χ2v) is 7.94. The van der Waals surface area contributed by atoms with Gasteiger partial charge in [0.2, 0.25) is 5.88 Å². The zero-order chi connectivity index (χ0) is 22.7. The SMILES string of the molecule is COc1cc2c(cc1C#N)CCN(Cc1c(C)cc(C)nc1OCc1ccccc1)C2=O. The van der Waals surface area contributed by atoms with E-state index in [0.717, 1.165) is 27.9 Å². The third-order valence-electron chi connectivity index (χ3n) is 5.72. The molecule has 1 amide bonds. The Morgan fingerprint density at radius 1 is 1.16 bits per heavy atom. The highest BCUT2D eigenvalue weighted by atomic mass is 16.5. The van der Waals surface area contributed by atoms with Crippen molar-refractivity contribution in [1.29, 1.82) is 5.26 Å². The van der Waals surface area contributed by atoms with E-state index in [2.05, 4.69) is 11.1 Å². The molecular formula is C26H25N3O3. The highest BCUT2D eigenvalue weighted by Crippen LogP contribution is 2.30. The number of aryl methyl sites for hydroxylation is 2. The number of hydrogen-bond donors (Lipinski definition) is 0. The molecule has 0 bridgehead atoms. The van der Waals surface area contributed by atoms with E-state index < -0.39 is 0 Å². The van der Waals surface area contributed by atoms with Crippen molar-refractivity contribution in [1.82, 2.24) is 9.88 Å². The minimum atomic E-state index is -0.0805. The van der Waals surface area contributed by atoms with Gasteiger partial charge >= 0.3 is 0 Å². The Morgan fingerprint density at radius 3 is 2.66 bits per heavy atom. The van der Waals surface area contributed by atoms with Gasteiger partial charge in [-0.25, -0.2) is 4.98 Å². The molecule has 2 heterocycles. The van der Waals surface area contributed by atoms with Crippen molar-refractivity contribution >= 4 is 5.91 Å². The zero-order valence-corrected chi connectivity index (χ0v) is 18.5. The van der Waals surface area contributed by atoms with Crippen molar-refractivity contribution in [3.63, 3.8) is 0 Å². The smallest absolute Gasteiger partial charge is 0.254 e. The first-order valence-electron chi connectivity index (χ1n) is 10.5. The van der Waals surface area contributed by atoms with Crippen LogP contribution in [-0.4, -0.2) is 29.4 Å². The quantitative estimate of drug-likeness (QED) is 0.584. The first kappa shape index (κ1) is 21.4. The lowest BCUT2D eigenvalue weighted by atomic mass is 9.95. The third-order valence-corrected chi connectivity index (χ3v) is 5.72. The summed E-state index contributed by atoms with van der Waals surface area (Å²) in [6, 6.07) is 17.5. The Kier molecular flexibility index (Phi) is 6.09. The zero-order valence-electron chi connectivity index (χ0n) is 18.5. The molecule has 1 aromatic heterocycles. The molecule has 32 heavy (non-hydrogen) atoms. The molecule has 1 aliphatic heterocycles. The maximum Gasteiger partial charge on any atom is 0.254 e. The number of carbonyl (C=O) groups is 1. The maximum absolute atomic E-state index is 13.3. The number of fused-ring (bicyclic) bond motifs is 1. The van der Waals surface area contributed by atoms with E-state index in [1.165, 1.54) is 7.11 Å². The minimum absolute atomic E-state index is 0.0805. The number of ether oxygens (including phenoxy) is 2. The van der Waals surface area contributed by atoms with Crippen molar-refractivity contribution in [3.05, 3.63) is 87.6 Å². The van der Waals surface area contributed by atoms with Crippen molar-refractivity contribution in [2.24, 2.45) is 0 Å². The van der Waals surface area contributed by atoms with Crippen LogP contribution in [0.5, 0.6) is 11.6 Å². The summed E-state index contributed by atoms with van der Waals surface area (Å²) in [6.07, 6.45) is 0.679. The van der Waals surface area contributed by atoms with Crippen LogP contribution < -0.4 is 9.47 Å². The van der Waals surface area contributed by atoms with E-state index in [1.807, 2.05) is 55.1 Å². The van der Waals surface area contributed by atoms with Gasteiger partial charge in [-0.2, -0.15) is 5.26 Å². The van der Waals surface area contributed by atoms with Gasteiger partial charge in [0.1, 0.15) is 18.4 Å². The summed E-state index contributed by atoms with van der Waals surface area (Å²) in [6.45, 7) is 5.34. The Bertz CT molecular complexity index is 1200. The van der Waals surface area contributed by atoms with Crippen LogP contribution in [0.3, 0.4) is 0 Å². The van der Waals surface area contributed by atoms with E-state index in [4.69, 9.17) is 9.47 Å². The molecule has 0 saturated carbocycles. The molecular weight excluding hydrogens is 402 g/mol. The molecule has 0 spiro atoms. The number of nitrogens with zero attached hydrogens (tertiary/aromatic N) is 3. The highest BCUT2D eigenvalue weighted by Gasteiger charge is 2.28. The van der Waals surface area contributed by atoms with E-state index in [-0.39, 0.29) is 5.91 Å². The molecule has 0 radical (unpaired) electrons. The Morgan fingerprint density at radius 2 is 1.94 bits per heavy atom. The number of rotatable bonds is 6. The minimum Gasteiger partial charge on any atom is -0.495 e. The van der Waals surface area contributed by atoms with Crippen LogP contribution in [0.1, 0.15) is 43.9 Å². The monoisotopic (exact) mass is 427 g/mol. The number of carbonyl (C=O) groups excluding carboxylic acids is 1. The van der Waals surface area contributed by atoms with Gasteiger partial charge in [0.25, 0.3) is 5.91 Å². The topological polar surface area (TPSA) is 75.4 Å². The number of pyridine rings is 1. The molecule has 0 unspecified atom stereocenters. The molecule has 0 aliphatic carbocycles. The summed E-state index contributed by atoms with van der Waals surface area (Å²) in [7, 11) is 1.51. The van der Waals surface area contributed by atoms with Gasteiger partial charge in [-0.05, 0) is 55.2 Å². The summed E-state index contributed by atoms with van der Waals surface area (Å²) in [4.78, 5) is 19.7. The lowest BCUT2D eigenvalue weighted by Crippen LogP contribution is -2.37. The lowest BCUT2D eigenvalue weighted by molar-refractivity contribution is 0.0724. The van der Waals surface area contributed by atoms with E-state index >= 15 is 0 Å². The van der Waals surface area contributed by atoms with Crippen LogP contribution in [0.2, 0.25) is 0 Å². The van der Waals surface area contributed by atoms with Crippen molar-refractivity contribution < 1.29 is 14.3 Å². The molecule has 0 N–H and O–H groups in total. The molecule has 3 aromatic rings. The fourth-order valence-electron chi connectivity index (χ4n) is 4.02. The number of hydrogen-bond acceptors (Lipinski definition) is 5. The van der Waals surface area contributed by atoms with Gasteiger partial charge in [0, 0.05) is 23.4 Å². The molecule has 0 saturated heterocycles. The number of benzene rings is 2. The standard InChI is InChI=1S/C26H25N3O3/c1-17-11-18(2)28-25(32-16-19-7-5-4-6-8-19)23(17)15-29-10-9-20-12-21(14-27)24(31-3)13-22(20)26(29)30/h4-8,11-13H,9-10,15-16H2,1-3H3. The van der Waals surface area contributed by atoms with E-state index in [0.29, 0.717) is 48.9 Å². The summed E-state index contributed by atoms with van der Waals surface area (Å²) in [5.41, 5.74) is 5.78. The van der Waals surface area contributed by atoms with Crippen LogP contribution in [0.25, 0.3) is 0 Å². The normalized spacial score (nSPS) is 12.8. The van der Waals surface area contributed by atoms with E-state index in [1.54, 1.807) is 12.1 Å². The summed E-state index contributed by atoms with van der Waals surface area (Å²) in [5.74, 6) is 0.895. The second kappa shape index (κ2) is 9.11. The van der Waals surface area contributed by atoms with Gasteiger partial charge in [-0.1, -0.05) is 30.3 Å². The first-order valence-corrected chi connectivity index (χ1v) is 10.5. The fourth-order valence-corrected chi connectivity index (χ4v) is 4.02. The average molecular weight is 428 g/mol. The molecule has 0 atom stereocenters. The van der Waals surface area contributed by atoms with Crippen LogP contribution in [0, 0.1) is 25.2 Å². The lowest BCUT2D eigenvalue weighted by Gasteiger charge is -2.30. The van der Waals surface area contributed by atoms with Crippen LogP contribution in [0.4, 0.5) is 0 Å². The number of amides is 1. The van der Waals surface area contributed by atoms with Crippen molar-refractivity contribution in [2.75, 3.05) is 13.7 Å². The molecule has 4 rings (SSSR count). The van der Waals surface area contributed by atoms with Gasteiger partial charge in [-0.15, -0.1) is 0 Å². The molecule has 2 aromatic carbocycles. The Hall–Kier alpha value is -3.85. The van der Waals surface area contributed by atoms with Gasteiger partial charge < -0.3 is 14.4 Å².